The van der Waals surface area contributed by atoms with Gasteiger partial charge in [-0.1, -0.05) is 6.42 Å². The summed E-state index contributed by atoms with van der Waals surface area (Å²) in [6, 6.07) is 6.25. The average Bonchev–Trinajstić information content (AvgIpc) is 2.94. The topological polar surface area (TPSA) is 50.4 Å². The van der Waals surface area contributed by atoms with E-state index in [1.165, 1.54) is 49.9 Å². The van der Waals surface area contributed by atoms with Crippen LogP contribution in [0.4, 0.5) is 4.39 Å². The lowest BCUT2D eigenvalue weighted by molar-refractivity contribution is -0.175. The number of benzene rings is 1. The third kappa shape index (κ3) is 2.64. The van der Waals surface area contributed by atoms with Crippen LogP contribution in [0.2, 0.25) is 0 Å². The summed E-state index contributed by atoms with van der Waals surface area (Å²) < 4.78 is 18.8. The van der Waals surface area contributed by atoms with Crippen LogP contribution in [0.3, 0.4) is 0 Å². The molecule has 1 aromatic rings. The highest BCUT2D eigenvalue weighted by Crippen LogP contribution is 2.62. The van der Waals surface area contributed by atoms with Gasteiger partial charge < -0.3 is 15.4 Å². The van der Waals surface area contributed by atoms with Crippen LogP contribution in [0, 0.1) is 17.2 Å². The van der Waals surface area contributed by atoms with Crippen LogP contribution in [-0.4, -0.2) is 37.7 Å². The van der Waals surface area contributed by atoms with E-state index in [1.54, 1.807) is 0 Å². The summed E-state index contributed by atoms with van der Waals surface area (Å²) in [7, 11) is 0. The molecule has 1 aliphatic heterocycles. The lowest BCUT2D eigenvalue weighted by atomic mass is 9.46. The first-order valence-corrected chi connectivity index (χ1v) is 9.09. The molecule has 3 fully saturated rings. The number of carbonyl (C=O) groups is 1. The van der Waals surface area contributed by atoms with Crippen LogP contribution in [0.25, 0.3) is 0 Å². The van der Waals surface area contributed by atoms with Crippen molar-refractivity contribution in [2.45, 2.75) is 44.2 Å². The predicted molar refractivity (Wildman–Crippen MR) is 89.3 cm³/mol. The van der Waals surface area contributed by atoms with Crippen molar-refractivity contribution in [3.05, 3.63) is 35.6 Å². The van der Waals surface area contributed by atoms with Gasteiger partial charge in [0.05, 0.1) is 6.10 Å². The van der Waals surface area contributed by atoms with E-state index < -0.39 is 0 Å². The van der Waals surface area contributed by atoms with Gasteiger partial charge in [0.1, 0.15) is 5.82 Å². The number of rotatable bonds is 6. The lowest BCUT2D eigenvalue weighted by Gasteiger charge is -2.63. The second kappa shape index (κ2) is 6.45. The van der Waals surface area contributed by atoms with Gasteiger partial charge >= 0.3 is 0 Å². The molecule has 3 unspecified atom stereocenters. The predicted octanol–water partition coefficient (Wildman–Crippen LogP) is 2.49. The average molecular weight is 332 g/mol. The van der Waals surface area contributed by atoms with E-state index >= 15 is 0 Å². The van der Waals surface area contributed by atoms with E-state index in [1.807, 2.05) is 0 Å². The van der Waals surface area contributed by atoms with Gasteiger partial charge in [-0.3, -0.25) is 4.79 Å². The highest BCUT2D eigenvalue weighted by Gasteiger charge is 2.66. The fourth-order valence-electron chi connectivity index (χ4n) is 4.81. The Kier molecular flexibility index (Phi) is 4.31. The summed E-state index contributed by atoms with van der Waals surface area (Å²) in [6.07, 6.45) is 6.52. The Morgan fingerprint density at radius 2 is 2.04 bits per heavy atom. The summed E-state index contributed by atoms with van der Waals surface area (Å²) in [5.41, 5.74) is 0.918. The van der Waals surface area contributed by atoms with Crippen LogP contribution in [0.5, 0.6) is 0 Å². The maximum atomic E-state index is 12.9. The third-order valence-corrected chi connectivity index (χ3v) is 6.15. The van der Waals surface area contributed by atoms with Gasteiger partial charge in [0.2, 0.25) is 0 Å². The zero-order valence-corrected chi connectivity index (χ0v) is 13.9. The Morgan fingerprint density at radius 1 is 1.25 bits per heavy atom. The minimum Gasteiger partial charge on any atom is -0.377 e. The van der Waals surface area contributed by atoms with Crippen molar-refractivity contribution in [3.8, 4) is 0 Å². The largest absolute Gasteiger partial charge is 0.377 e. The third-order valence-electron chi connectivity index (χ3n) is 6.15. The van der Waals surface area contributed by atoms with Crippen LogP contribution >= 0.6 is 0 Å². The lowest BCUT2D eigenvalue weighted by Crippen LogP contribution is -2.71. The fourth-order valence-corrected chi connectivity index (χ4v) is 4.81. The molecule has 24 heavy (non-hydrogen) atoms. The molecule has 0 radical (unpaired) electrons. The minimum absolute atomic E-state index is 0.140. The smallest absolute Gasteiger partial charge is 0.251 e. The van der Waals surface area contributed by atoms with E-state index in [4.69, 9.17) is 4.74 Å². The molecule has 130 valence electrons. The Morgan fingerprint density at radius 3 is 2.75 bits per heavy atom. The molecule has 3 atom stereocenters. The number of amides is 1. The number of fused-ring (bicyclic) bond motifs is 2. The first-order chi connectivity index (χ1) is 11.7. The molecule has 1 amide bonds. The maximum Gasteiger partial charge on any atom is 0.251 e. The number of hydrogen-bond donors (Lipinski definition) is 2. The SMILES string of the molecule is O=C(NCCCNC1C2CCOC2C12CCC2)c1ccc(F)cc1. The molecular formula is C19H25FN2O2. The molecule has 0 aromatic heterocycles. The van der Waals surface area contributed by atoms with Crippen LogP contribution in [0.1, 0.15) is 42.5 Å². The highest BCUT2D eigenvalue weighted by atomic mass is 19.1. The Bertz CT molecular complexity index is 600. The first kappa shape index (κ1) is 16.0. The van der Waals surface area contributed by atoms with Gasteiger partial charge in [-0.25, -0.2) is 4.39 Å². The molecule has 1 saturated heterocycles. The fraction of sp³-hybridized carbons (Fsp3) is 0.632. The number of carbonyl (C=O) groups excluding carboxylic acids is 1. The molecule has 4 nitrogen and oxygen atoms in total. The quantitative estimate of drug-likeness (QED) is 0.787. The summed E-state index contributed by atoms with van der Waals surface area (Å²) in [5.74, 6) is 0.229. The molecule has 0 bridgehead atoms. The minimum atomic E-state index is -0.324. The maximum absolute atomic E-state index is 12.9. The Hall–Kier alpha value is -1.46. The molecular weight excluding hydrogens is 307 g/mol. The van der Waals surface area contributed by atoms with Gasteiger partial charge in [0, 0.05) is 36.1 Å². The van der Waals surface area contributed by atoms with Crippen molar-refractivity contribution >= 4 is 5.91 Å². The van der Waals surface area contributed by atoms with Gasteiger partial charge in [-0.15, -0.1) is 0 Å². The number of hydrogen-bond acceptors (Lipinski definition) is 3. The molecule has 2 aliphatic carbocycles. The van der Waals surface area contributed by atoms with E-state index in [9.17, 15) is 9.18 Å². The summed E-state index contributed by atoms with van der Waals surface area (Å²) in [4.78, 5) is 12.0. The van der Waals surface area contributed by atoms with Crippen LogP contribution in [-0.2, 0) is 4.74 Å². The van der Waals surface area contributed by atoms with Crippen molar-refractivity contribution in [2.24, 2.45) is 11.3 Å². The van der Waals surface area contributed by atoms with Crippen molar-refractivity contribution in [3.63, 3.8) is 0 Å². The van der Waals surface area contributed by atoms with Crippen molar-refractivity contribution in [1.29, 1.82) is 0 Å². The van der Waals surface area contributed by atoms with E-state index in [2.05, 4.69) is 10.6 Å². The van der Waals surface area contributed by atoms with E-state index in [0.717, 1.165) is 19.6 Å². The molecule has 2 saturated carbocycles. The van der Waals surface area contributed by atoms with Crippen LogP contribution < -0.4 is 10.6 Å². The van der Waals surface area contributed by atoms with Crippen LogP contribution in [0.15, 0.2) is 24.3 Å². The highest BCUT2D eigenvalue weighted by molar-refractivity contribution is 5.94. The number of ether oxygens (including phenoxy) is 1. The summed E-state index contributed by atoms with van der Waals surface area (Å²) in [6.45, 7) is 2.47. The van der Waals surface area contributed by atoms with Crippen molar-refractivity contribution in [1.82, 2.24) is 10.6 Å². The number of nitrogens with one attached hydrogen (secondary N) is 2. The van der Waals surface area contributed by atoms with Gasteiger partial charge in [-0.05, 0) is 56.5 Å². The second-order valence-electron chi connectivity index (χ2n) is 7.38. The van der Waals surface area contributed by atoms with Gasteiger partial charge in [0.15, 0.2) is 0 Å². The zero-order valence-electron chi connectivity index (χ0n) is 13.9. The molecule has 1 heterocycles. The van der Waals surface area contributed by atoms with Gasteiger partial charge in [-0.2, -0.15) is 0 Å². The standard InChI is InChI=1S/C19H25FN2O2/c20-14-5-3-13(4-6-14)18(23)22-11-2-10-21-16-15-7-12-24-17(15)19(16)8-1-9-19/h3-6,15-17,21H,1-2,7-12H2,(H,22,23). The van der Waals surface area contributed by atoms with Crippen molar-refractivity contribution < 1.29 is 13.9 Å². The molecule has 2 N–H and O–H groups in total. The molecule has 4 rings (SSSR count). The Labute approximate surface area is 142 Å². The first-order valence-electron chi connectivity index (χ1n) is 9.09. The van der Waals surface area contributed by atoms with Gasteiger partial charge in [0.25, 0.3) is 5.91 Å². The summed E-state index contributed by atoms with van der Waals surface area (Å²) in [5, 5.41) is 6.62. The van der Waals surface area contributed by atoms with E-state index in [0.29, 0.717) is 35.6 Å². The normalized spacial score (nSPS) is 29.6. The molecule has 1 aromatic carbocycles. The summed E-state index contributed by atoms with van der Waals surface area (Å²) >= 11 is 0. The van der Waals surface area contributed by atoms with E-state index in [-0.39, 0.29) is 11.7 Å². The molecule has 1 spiro atoms. The monoisotopic (exact) mass is 332 g/mol. The second-order valence-corrected chi connectivity index (χ2v) is 7.38. The molecule has 5 heteroatoms. The number of halogens is 1. The molecule has 3 aliphatic rings. The zero-order chi connectivity index (χ0) is 16.6. The Balaban J connectivity index is 1.18. The van der Waals surface area contributed by atoms with Crippen molar-refractivity contribution in [2.75, 3.05) is 19.7 Å².